The van der Waals surface area contributed by atoms with Crippen molar-refractivity contribution in [2.75, 3.05) is 52.6 Å². The van der Waals surface area contributed by atoms with Gasteiger partial charge in [-0.1, -0.05) is 27.7 Å². The Morgan fingerprint density at radius 1 is 0.760 bits per heavy atom. The second-order valence-electron chi connectivity index (χ2n) is 7.05. The van der Waals surface area contributed by atoms with Gasteiger partial charge in [0, 0.05) is 37.0 Å². The third kappa shape index (κ3) is 35.8. The summed E-state index contributed by atoms with van der Waals surface area (Å²) in [5, 5.41) is 40.2. The van der Waals surface area contributed by atoms with E-state index in [1.807, 2.05) is 0 Å². The molecule has 0 saturated carbocycles. The fourth-order valence-corrected chi connectivity index (χ4v) is 0.704. The van der Waals surface area contributed by atoms with Gasteiger partial charge in [0.15, 0.2) is 0 Å². The van der Waals surface area contributed by atoms with E-state index in [9.17, 15) is 0 Å². The van der Waals surface area contributed by atoms with Gasteiger partial charge >= 0.3 is 7.75 Å². The molecule has 10 nitrogen and oxygen atoms in total. The van der Waals surface area contributed by atoms with Crippen LogP contribution in [0.1, 0.15) is 27.7 Å². The molecule has 0 amide bonds. The molecule has 1 saturated heterocycles. The van der Waals surface area contributed by atoms with Crippen molar-refractivity contribution >= 4 is 7.75 Å². The van der Waals surface area contributed by atoms with Crippen LogP contribution < -0.4 is 16.1 Å². The zero-order valence-electron chi connectivity index (χ0n) is 15.8. The van der Waals surface area contributed by atoms with E-state index < -0.39 is 7.75 Å². The van der Waals surface area contributed by atoms with Gasteiger partial charge < -0.3 is 40.8 Å². The second kappa shape index (κ2) is 16.1. The smallest absolute Gasteiger partial charge is 0.396 e. The quantitative estimate of drug-likeness (QED) is 0.248. The van der Waals surface area contributed by atoms with Crippen molar-refractivity contribution < 1.29 is 34.8 Å². The first-order valence-electron chi connectivity index (χ1n) is 7.93. The molecule has 10 N–H and O–H groups in total. The number of hydrogen-bond acceptors (Lipinski definition) is 7. The molecular formula is C14H38N3O7P. The summed E-state index contributed by atoms with van der Waals surface area (Å²) in [5.41, 5.74) is 3.41. The molecule has 25 heavy (non-hydrogen) atoms. The van der Waals surface area contributed by atoms with Crippen LogP contribution in [0.2, 0.25) is 0 Å². The average Bonchev–Trinajstić information content (AvgIpc) is 2.56. The monoisotopic (exact) mass is 391 g/mol. The SMILES string of the molecule is C1CNCCN1.CC(C)(CO)CO.CC(C)(CO)CO.NP(=O)(O)O. The first kappa shape index (κ1) is 29.6. The Bertz CT molecular complexity index is 287. The number of rotatable bonds is 4. The fourth-order valence-electron chi connectivity index (χ4n) is 0.704. The maximum Gasteiger partial charge on any atom is 0.397 e. The minimum atomic E-state index is -4.14. The topological polar surface area (TPSA) is 189 Å². The van der Waals surface area contributed by atoms with E-state index in [0.717, 1.165) is 26.2 Å². The summed E-state index contributed by atoms with van der Waals surface area (Å²) >= 11 is 0. The van der Waals surface area contributed by atoms with Crippen molar-refractivity contribution in [3.05, 3.63) is 0 Å². The van der Waals surface area contributed by atoms with Gasteiger partial charge in [-0.25, -0.2) is 10.1 Å². The number of nitrogens with two attached hydrogens (primary N) is 1. The van der Waals surface area contributed by atoms with Gasteiger partial charge in [0.25, 0.3) is 0 Å². The maximum atomic E-state index is 9.10. The highest BCUT2D eigenvalue weighted by molar-refractivity contribution is 7.49. The van der Waals surface area contributed by atoms with Crippen LogP contribution in [0, 0.1) is 10.8 Å². The van der Waals surface area contributed by atoms with Crippen LogP contribution >= 0.6 is 7.75 Å². The summed E-state index contributed by atoms with van der Waals surface area (Å²) in [6.07, 6.45) is 0. The molecule has 1 aliphatic heterocycles. The highest BCUT2D eigenvalue weighted by Crippen LogP contribution is 2.20. The number of aliphatic hydroxyl groups excluding tert-OH is 4. The van der Waals surface area contributed by atoms with Gasteiger partial charge in [0.2, 0.25) is 0 Å². The molecule has 0 aliphatic carbocycles. The molecule has 0 radical (unpaired) electrons. The highest BCUT2D eigenvalue weighted by Gasteiger charge is 2.13. The summed E-state index contributed by atoms with van der Waals surface area (Å²) < 4.78 is 9.10. The molecule has 1 heterocycles. The largest absolute Gasteiger partial charge is 0.397 e. The zero-order chi connectivity index (χ0) is 20.6. The van der Waals surface area contributed by atoms with Gasteiger partial charge in [0.05, 0.1) is 26.4 Å². The summed E-state index contributed by atoms with van der Waals surface area (Å²) in [5.74, 6) is 0. The van der Waals surface area contributed by atoms with Crippen LogP contribution in [-0.4, -0.2) is 82.8 Å². The lowest BCUT2D eigenvalue weighted by molar-refractivity contribution is 0.0855. The average molecular weight is 391 g/mol. The van der Waals surface area contributed by atoms with E-state index in [0.29, 0.717) is 0 Å². The first-order chi connectivity index (χ1) is 11.2. The maximum absolute atomic E-state index is 9.10. The van der Waals surface area contributed by atoms with Crippen molar-refractivity contribution in [3.63, 3.8) is 0 Å². The Labute approximate surface area is 150 Å². The van der Waals surface area contributed by atoms with Crippen molar-refractivity contribution in [1.82, 2.24) is 10.6 Å². The van der Waals surface area contributed by atoms with Crippen LogP contribution in [0.5, 0.6) is 0 Å². The zero-order valence-corrected chi connectivity index (χ0v) is 16.7. The van der Waals surface area contributed by atoms with Gasteiger partial charge in [-0.05, 0) is 0 Å². The van der Waals surface area contributed by atoms with Gasteiger partial charge in [0.1, 0.15) is 0 Å². The van der Waals surface area contributed by atoms with Crippen molar-refractivity contribution in [3.8, 4) is 0 Å². The number of aliphatic hydroxyl groups is 4. The Morgan fingerprint density at radius 2 is 0.920 bits per heavy atom. The lowest BCUT2D eigenvalue weighted by Crippen LogP contribution is -2.39. The molecule has 1 aliphatic rings. The Morgan fingerprint density at radius 3 is 0.960 bits per heavy atom. The lowest BCUT2D eigenvalue weighted by atomic mass is 9.97. The summed E-state index contributed by atoms with van der Waals surface area (Å²) in [6.45, 7) is 11.9. The van der Waals surface area contributed by atoms with Crippen LogP contribution in [-0.2, 0) is 4.57 Å². The van der Waals surface area contributed by atoms with Gasteiger partial charge in [-0.3, -0.25) is 0 Å². The minimum Gasteiger partial charge on any atom is -0.396 e. The van der Waals surface area contributed by atoms with E-state index in [4.69, 9.17) is 34.8 Å². The second-order valence-corrected chi connectivity index (χ2v) is 8.23. The van der Waals surface area contributed by atoms with Crippen molar-refractivity contribution in [2.45, 2.75) is 27.7 Å². The molecule has 0 aromatic carbocycles. The number of piperazine rings is 1. The molecule has 0 unspecified atom stereocenters. The minimum absolute atomic E-state index is 0.0451. The number of nitrogens with one attached hydrogen (secondary N) is 2. The normalized spacial score (nSPS) is 14.8. The molecule has 0 aromatic rings. The van der Waals surface area contributed by atoms with Crippen LogP contribution in [0.4, 0.5) is 0 Å². The molecule has 0 atom stereocenters. The molecule has 0 aromatic heterocycles. The van der Waals surface area contributed by atoms with E-state index in [1.165, 1.54) is 0 Å². The molecule has 11 heteroatoms. The summed E-state index contributed by atoms with van der Waals surface area (Å²) in [6, 6.07) is 0. The summed E-state index contributed by atoms with van der Waals surface area (Å²) in [4.78, 5) is 14.8. The predicted molar refractivity (Wildman–Crippen MR) is 97.9 cm³/mol. The van der Waals surface area contributed by atoms with E-state index in [-0.39, 0.29) is 37.3 Å². The van der Waals surface area contributed by atoms with Crippen LogP contribution in [0.25, 0.3) is 0 Å². The molecule has 156 valence electrons. The highest BCUT2D eigenvalue weighted by atomic mass is 31.2. The van der Waals surface area contributed by atoms with Crippen molar-refractivity contribution in [1.29, 1.82) is 0 Å². The van der Waals surface area contributed by atoms with Crippen LogP contribution in [0.15, 0.2) is 0 Å². The van der Waals surface area contributed by atoms with E-state index >= 15 is 0 Å². The third-order valence-electron chi connectivity index (χ3n) is 2.67. The van der Waals surface area contributed by atoms with Crippen molar-refractivity contribution in [2.24, 2.45) is 16.3 Å². The molecule has 1 rings (SSSR count). The summed E-state index contributed by atoms with van der Waals surface area (Å²) in [7, 11) is -4.14. The van der Waals surface area contributed by atoms with E-state index in [2.05, 4.69) is 16.1 Å². The molecule has 1 fully saturated rings. The fraction of sp³-hybridized carbons (Fsp3) is 1.00. The molecule has 0 bridgehead atoms. The first-order valence-corrected chi connectivity index (χ1v) is 9.62. The Hall–Kier alpha value is -0.130. The van der Waals surface area contributed by atoms with Gasteiger partial charge in [-0.15, -0.1) is 0 Å². The number of hydrogen-bond donors (Lipinski definition) is 9. The molecular weight excluding hydrogens is 353 g/mol. The van der Waals surface area contributed by atoms with E-state index in [1.54, 1.807) is 27.7 Å². The lowest BCUT2D eigenvalue weighted by Gasteiger charge is -2.16. The van der Waals surface area contributed by atoms with Gasteiger partial charge in [-0.2, -0.15) is 0 Å². The Balaban J connectivity index is -0.000000260. The molecule has 0 spiro atoms. The van der Waals surface area contributed by atoms with Crippen LogP contribution in [0.3, 0.4) is 0 Å². The predicted octanol–water partition coefficient (Wildman–Crippen LogP) is -1.79. The Kier molecular flexibility index (Phi) is 19.0. The third-order valence-corrected chi connectivity index (χ3v) is 2.67. The standard InChI is InChI=1S/2C5H12O2.C4H10N2.H4NO3P/c2*1-5(2,3-6)4-7;1-2-6-4-3-5-1;1-5(2,3)4/h2*6-7H,3-4H2,1-2H3;5-6H,1-4H2;(H4,1,2,3,4).